The molecule has 1 N–H and O–H groups in total. The molecule has 0 saturated carbocycles. The summed E-state index contributed by atoms with van der Waals surface area (Å²) in [6.45, 7) is -0.482. The number of ether oxygens (including phenoxy) is 4. The Hall–Kier alpha value is -3.40. The van der Waals surface area contributed by atoms with E-state index in [0.717, 1.165) is 11.7 Å². The molecule has 0 spiro atoms. The van der Waals surface area contributed by atoms with Crippen molar-refractivity contribution in [1.29, 1.82) is 0 Å². The van der Waals surface area contributed by atoms with Crippen molar-refractivity contribution in [2.24, 2.45) is 0 Å². The fraction of sp³-hybridized carbons (Fsp3) is 0.222. The van der Waals surface area contributed by atoms with Gasteiger partial charge in [-0.2, -0.15) is 8.75 Å². The Bertz CT molecular complexity index is 1020. The molecular formula is C18H17N3O6S. The maximum atomic E-state index is 12.4. The molecule has 1 amide bonds. The lowest BCUT2D eigenvalue weighted by Crippen LogP contribution is -2.21. The Morgan fingerprint density at radius 3 is 2.43 bits per heavy atom. The van der Waals surface area contributed by atoms with Crippen molar-refractivity contribution >= 4 is 40.3 Å². The van der Waals surface area contributed by atoms with E-state index in [4.69, 9.17) is 18.9 Å². The van der Waals surface area contributed by atoms with Crippen LogP contribution in [0.2, 0.25) is 0 Å². The fourth-order valence-electron chi connectivity index (χ4n) is 2.49. The zero-order chi connectivity index (χ0) is 20.1. The molecule has 1 aromatic heterocycles. The lowest BCUT2D eigenvalue weighted by molar-refractivity contribution is -0.119. The van der Waals surface area contributed by atoms with Crippen LogP contribution in [0.5, 0.6) is 17.2 Å². The predicted molar refractivity (Wildman–Crippen MR) is 102 cm³/mol. The Morgan fingerprint density at radius 1 is 1.00 bits per heavy atom. The summed E-state index contributed by atoms with van der Waals surface area (Å²) in [5, 5.41) is 2.66. The first-order chi connectivity index (χ1) is 13.6. The third kappa shape index (κ3) is 3.96. The first-order valence-electron chi connectivity index (χ1n) is 8.05. The Morgan fingerprint density at radius 2 is 1.71 bits per heavy atom. The number of aromatic nitrogens is 2. The number of nitrogens with zero attached hydrogens (tertiary/aromatic N) is 2. The average Bonchev–Trinajstić information content (AvgIpc) is 3.20. The van der Waals surface area contributed by atoms with Crippen LogP contribution in [0.15, 0.2) is 30.3 Å². The maximum Gasteiger partial charge on any atom is 0.342 e. The molecule has 146 valence electrons. The number of methoxy groups -OCH3 is 3. The predicted octanol–water partition coefficient (Wildman–Crippen LogP) is 2.51. The topological polar surface area (TPSA) is 109 Å². The molecule has 0 saturated heterocycles. The molecule has 3 aromatic rings. The molecule has 0 aliphatic rings. The third-order valence-corrected chi connectivity index (χ3v) is 4.36. The second-order valence-corrected chi connectivity index (χ2v) is 6.00. The summed E-state index contributed by atoms with van der Waals surface area (Å²) >= 11 is 1.05. The molecule has 0 bridgehead atoms. The van der Waals surface area contributed by atoms with E-state index in [2.05, 4.69) is 14.1 Å². The van der Waals surface area contributed by atoms with Gasteiger partial charge in [-0.25, -0.2) is 4.79 Å². The minimum Gasteiger partial charge on any atom is -0.496 e. The molecular weight excluding hydrogens is 386 g/mol. The van der Waals surface area contributed by atoms with Gasteiger partial charge in [0.05, 0.1) is 38.7 Å². The number of hydrogen-bond acceptors (Lipinski definition) is 9. The summed E-state index contributed by atoms with van der Waals surface area (Å²) in [6.07, 6.45) is 0. The number of rotatable bonds is 7. The van der Waals surface area contributed by atoms with Gasteiger partial charge in [-0.15, -0.1) is 0 Å². The van der Waals surface area contributed by atoms with Crippen molar-refractivity contribution in [2.45, 2.75) is 0 Å². The number of fused-ring (bicyclic) bond motifs is 1. The lowest BCUT2D eigenvalue weighted by Gasteiger charge is -2.13. The largest absolute Gasteiger partial charge is 0.496 e. The number of benzene rings is 2. The molecule has 28 heavy (non-hydrogen) atoms. The number of nitrogens with one attached hydrogen (secondary N) is 1. The summed E-state index contributed by atoms with van der Waals surface area (Å²) in [4.78, 5) is 24.6. The van der Waals surface area contributed by atoms with E-state index in [1.807, 2.05) is 0 Å². The van der Waals surface area contributed by atoms with Crippen molar-refractivity contribution in [1.82, 2.24) is 8.75 Å². The van der Waals surface area contributed by atoms with Gasteiger partial charge in [-0.3, -0.25) is 4.79 Å². The molecule has 3 rings (SSSR count). The Kier molecular flexibility index (Phi) is 5.90. The number of hydrogen-bond donors (Lipinski definition) is 1. The van der Waals surface area contributed by atoms with Gasteiger partial charge in [-0.05, 0) is 12.1 Å². The number of carbonyl (C=O) groups is 2. The van der Waals surface area contributed by atoms with Gasteiger partial charge in [0.15, 0.2) is 18.1 Å². The number of carbonyl (C=O) groups excluding carboxylic acids is 2. The van der Waals surface area contributed by atoms with E-state index in [-0.39, 0.29) is 11.3 Å². The van der Waals surface area contributed by atoms with Crippen LogP contribution in [0.4, 0.5) is 5.69 Å². The molecule has 0 aliphatic heterocycles. The monoisotopic (exact) mass is 403 g/mol. The molecule has 0 radical (unpaired) electrons. The molecule has 9 nitrogen and oxygen atoms in total. The SMILES string of the molecule is COc1cc(OC)c(C(=O)OCC(=O)Nc2cccc3nsnc23)cc1OC. The molecule has 1 heterocycles. The standard InChI is InChI=1S/C18H17N3O6S/c1-24-13-8-15(26-3)14(25-2)7-10(13)18(23)27-9-16(22)19-11-5-4-6-12-17(11)21-28-20-12/h4-8H,9H2,1-3H3,(H,19,22). The van der Waals surface area contributed by atoms with Crippen LogP contribution in [0.3, 0.4) is 0 Å². The van der Waals surface area contributed by atoms with Crippen LogP contribution in [0.1, 0.15) is 10.4 Å². The van der Waals surface area contributed by atoms with Gasteiger partial charge in [0.1, 0.15) is 22.3 Å². The molecule has 0 aliphatic carbocycles. The van der Waals surface area contributed by atoms with E-state index < -0.39 is 18.5 Å². The smallest absolute Gasteiger partial charge is 0.342 e. The summed E-state index contributed by atoms with van der Waals surface area (Å²) in [5.41, 5.74) is 1.86. The van der Waals surface area contributed by atoms with Crippen LogP contribution >= 0.6 is 11.7 Å². The highest BCUT2D eigenvalue weighted by molar-refractivity contribution is 7.00. The van der Waals surface area contributed by atoms with Gasteiger partial charge in [0.2, 0.25) is 0 Å². The minimum absolute atomic E-state index is 0.110. The van der Waals surface area contributed by atoms with Crippen molar-refractivity contribution < 1.29 is 28.5 Å². The first kappa shape index (κ1) is 19.4. The number of amides is 1. The summed E-state index contributed by atoms with van der Waals surface area (Å²) in [5.74, 6) is -0.267. The third-order valence-electron chi connectivity index (χ3n) is 3.82. The average molecular weight is 403 g/mol. The van der Waals surface area contributed by atoms with Gasteiger partial charge in [0, 0.05) is 12.1 Å². The fourth-order valence-corrected chi connectivity index (χ4v) is 3.04. The zero-order valence-electron chi connectivity index (χ0n) is 15.3. The molecule has 0 fully saturated rings. The van der Waals surface area contributed by atoms with Crippen molar-refractivity contribution in [3.63, 3.8) is 0 Å². The van der Waals surface area contributed by atoms with Crippen LogP contribution in [0.25, 0.3) is 11.0 Å². The second-order valence-electron chi connectivity index (χ2n) is 5.47. The number of anilines is 1. The van der Waals surface area contributed by atoms with Crippen molar-refractivity contribution in [3.05, 3.63) is 35.9 Å². The summed E-state index contributed by atoms with van der Waals surface area (Å²) in [7, 11) is 4.33. The molecule has 10 heteroatoms. The second kappa shape index (κ2) is 8.53. The van der Waals surface area contributed by atoms with E-state index in [1.54, 1.807) is 18.2 Å². The van der Waals surface area contributed by atoms with Crippen LogP contribution in [-0.4, -0.2) is 48.6 Å². The van der Waals surface area contributed by atoms with E-state index in [9.17, 15) is 9.59 Å². The Labute approximate surface area is 164 Å². The molecule has 2 aromatic carbocycles. The molecule has 0 unspecified atom stereocenters. The van der Waals surface area contributed by atoms with E-state index in [0.29, 0.717) is 28.2 Å². The van der Waals surface area contributed by atoms with Gasteiger partial charge < -0.3 is 24.3 Å². The van der Waals surface area contributed by atoms with Gasteiger partial charge in [0.25, 0.3) is 5.91 Å². The van der Waals surface area contributed by atoms with E-state index in [1.165, 1.54) is 33.5 Å². The quantitative estimate of drug-likeness (QED) is 0.600. The number of esters is 1. The first-order valence-corrected chi connectivity index (χ1v) is 8.78. The van der Waals surface area contributed by atoms with Gasteiger partial charge in [-0.1, -0.05) is 6.07 Å². The minimum atomic E-state index is -0.735. The highest BCUT2D eigenvalue weighted by atomic mass is 32.1. The molecule has 0 atom stereocenters. The van der Waals surface area contributed by atoms with Crippen LogP contribution in [-0.2, 0) is 9.53 Å². The van der Waals surface area contributed by atoms with Crippen molar-refractivity contribution in [2.75, 3.05) is 33.3 Å². The van der Waals surface area contributed by atoms with Gasteiger partial charge >= 0.3 is 5.97 Å². The van der Waals surface area contributed by atoms with E-state index >= 15 is 0 Å². The lowest BCUT2D eigenvalue weighted by atomic mass is 10.1. The Balaban J connectivity index is 1.70. The van der Waals surface area contributed by atoms with Crippen molar-refractivity contribution in [3.8, 4) is 17.2 Å². The highest BCUT2D eigenvalue weighted by Crippen LogP contribution is 2.34. The normalized spacial score (nSPS) is 10.4. The summed E-state index contributed by atoms with van der Waals surface area (Å²) in [6, 6.07) is 8.17. The highest BCUT2D eigenvalue weighted by Gasteiger charge is 2.20. The van der Waals surface area contributed by atoms with Crippen LogP contribution < -0.4 is 19.5 Å². The maximum absolute atomic E-state index is 12.4. The zero-order valence-corrected chi connectivity index (χ0v) is 16.2. The van der Waals surface area contributed by atoms with Crippen LogP contribution in [0, 0.1) is 0 Å². The summed E-state index contributed by atoms with van der Waals surface area (Å²) < 4.78 is 28.9.